The molecule has 2 rings (SSSR count). The highest BCUT2D eigenvalue weighted by molar-refractivity contribution is 5.99. The first-order valence-corrected chi connectivity index (χ1v) is 6.30. The van der Waals surface area contributed by atoms with Gasteiger partial charge in [-0.15, -0.1) is 0 Å². The highest BCUT2D eigenvalue weighted by Gasteiger charge is 2.28. The summed E-state index contributed by atoms with van der Waals surface area (Å²) in [5.41, 5.74) is 1.89. The van der Waals surface area contributed by atoms with E-state index in [2.05, 4.69) is 6.92 Å². The summed E-state index contributed by atoms with van der Waals surface area (Å²) in [7, 11) is 1.65. The van der Waals surface area contributed by atoms with Crippen LogP contribution in [0.25, 0.3) is 0 Å². The van der Waals surface area contributed by atoms with E-state index in [1.54, 1.807) is 7.11 Å². The molecule has 0 saturated heterocycles. The van der Waals surface area contributed by atoms with Crippen LogP contribution in [0.2, 0.25) is 0 Å². The van der Waals surface area contributed by atoms with Gasteiger partial charge < -0.3 is 4.74 Å². The monoisotopic (exact) mass is 232 g/mol. The van der Waals surface area contributed by atoms with Gasteiger partial charge >= 0.3 is 0 Å². The average molecular weight is 232 g/mol. The fourth-order valence-electron chi connectivity index (χ4n) is 2.70. The van der Waals surface area contributed by atoms with Crippen LogP contribution in [-0.2, 0) is 0 Å². The van der Waals surface area contributed by atoms with Crippen LogP contribution in [-0.4, -0.2) is 12.9 Å². The highest BCUT2D eigenvalue weighted by atomic mass is 16.5. The lowest BCUT2D eigenvalue weighted by molar-refractivity contribution is 0.0920. The Hall–Kier alpha value is -1.31. The zero-order valence-electron chi connectivity index (χ0n) is 10.8. The van der Waals surface area contributed by atoms with Gasteiger partial charge in [-0.1, -0.05) is 6.92 Å². The van der Waals surface area contributed by atoms with Crippen molar-refractivity contribution in [2.75, 3.05) is 7.11 Å². The quantitative estimate of drug-likeness (QED) is 0.744. The number of carbonyl (C=O) groups excluding carboxylic acids is 1. The first kappa shape index (κ1) is 12.2. The second kappa shape index (κ2) is 4.91. The molecular formula is C15H20O2. The number of methoxy groups -OCH3 is 1. The Morgan fingerprint density at radius 1 is 1.35 bits per heavy atom. The molecular weight excluding hydrogens is 212 g/mol. The van der Waals surface area contributed by atoms with Gasteiger partial charge in [0.1, 0.15) is 5.75 Å². The normalized spacial score (nSPS) is 23.7. The summed E-state index contributed by atoms with van der Waals surface area (Å²) in [5.74, 6) is 2.06. The van der Waals surface area contributed by atoms with Crippen LogP contribution in [0.5, 0.6) is 5.75 Å². The van der Waals surface area contributed by atoms with E-state index in [0.29, 0.717) is 11.7 Å². The molecule has 17 heavy (non-hydrogen) atoms. The molecule has 2 atom stereocenters. The SMILES string of the molecule is COc1ccc(C(=O)C2CCC(C)C2)c(C)c1. The van der Waals surface area contributed by atoms with Crippen LogP contribution in [0.15, 0.2) is 18.2 Å². The molecule has 0 bridgehead atoms. The first-order valence-electron chi connectivity index (χ1n) is 6.30. The van der Waals surface area contributed by atoms with Gasteiger partial charge in [-0.3, -0.25) is 4.79 Å². The lowest BCUT2D eigenvalue weighted by Gasteiger charge is -2.12. The van der Waals surface area contributed by atoms with E-state index >= 15 is 0 Å². The van der Waals surface area contributed by atoms with Crippen LogP contribution in [0.3, 0.4) is 0 Å². The molecule has 1 aliphatic carbocycles. The third kappa shape index (κ3) is 2.51. The predicted molar refractivity (Wildman–Crippen MR) is 68.6 cm³/mol. The topological polar surface area (TPSA) is 26.3 Å². The van der Waals surface area contributed by atoms with Crippen molar-refractivity contribution in [2.45, 2.75) is 33.1 Å². The molecule has 0 aliphatic heterocycles. The molecule has 0 spiro atoms. The number of benzene rings is 1. The summed E-state index contributed by atoms with van der Waals surface area (Å²) in [4.78, 5) is 12.4. The fourth-order valence-corrected chi connectivity index (χ4v) is 2.70. The fraction of sp³-hybridized carbons (Fsp3) is 0.533. The van der Waals surface area contributed by atoms with Crippen molar-refractivity contribution in [3.63, 3.8) is 0 Å². The molecule has 2 unspecified atom stereocenters. The van der Waals surface area contributed by atoms with Crippen molar-refractivity contribution in [1.29, 1.82) is 0 Å². The molecule has 0 radical (unpaired) electrons. The third-order valence-electron chi connectivity index (χ3n) is 3.76. The number of ether oxygens (including phenoxy) is 1. The van der Waals surface area contributed by atoms with Crippen molar-refractivity contribution < 1.29 is 9.53 Å². The van der Waals surface area contributed by atoms with Crippen LogP contribution >= 0.6 is 0 Å². The van der Waals surface area contributed by atoms with E-state index < -0.39 is 0 Å². The third-order valence-corrected chi connectivity index (χ3v) is 3.76. The summed E-state index contributed by atoms with van der Waals surface area (Å²) in [6.45, 7) is 4.21. The highest BCUT2D eigenvalue weighted by Crippen LogP contribution is 2.33. The van der Waals surface area contributed by atoms with E-state index in [0.717, 1.165) is 29.7 Å². The van der Waals surface area contributed by atoms with Crippen LogP contribution in [0.4, 0.5) is 0 Å². The molecule has 0 N–H and O–H groups in total. The van der Waals surface area contributed by atoms with Crippen molar-refractivity contribution in [2.24, 2.45) is 11.8 Å². The van der Waals surface area contributed by atoms with E-state index in [9.17, 15) is 4.79 Å². The summed E-state index contributed by atoms with van der Waals surface area (Å²) in [6, 6.07) is 5.71. The number of hydrogen-bond acceptors (Lipinski definition) is 2. The van der Waals surface area contributed by atoms with Gasteiger partial charge in [0.2, 0.25) is 0 Å². The Labute approximate surface area is 103 Å². The summed E-state index contributed by atoms with van der Waals surface area (Å²) in [6.07, 6.45) is 3.28. The molecule has 2 nitrogen and oxygen atoms in total. The number of Topliss-reactive ketones (excluding diaryl/α,β-unsaturated/α-hetero) is 1. The van der Waals surface area contributed by atoms with Crippen LogP contribution in [0.1, 0.15) is 42.1 Å². The molecule has 1 aromatic rings. The number of carbonyl (C=O) groups is 1. The minimum absolute atomic E-state index is 0.233. The van der Waals surface area contributed by atoms with Crippen LogP contribution in [0, 0.1) is 18.8 Å². The number of rotatable bonds is 3. The summed E-state index contributed by atoms with van der Waals surface area (Å²) in [5, 5.41) is 0. The van der Waals surface area contributed by atoms with Crippen molar-refractivity contribution in [3.8, 4) is 5.75 Å². The second-order valence-corrected chi connectivity index (χ2v) is 5.16. The summed E-state index contributed by atoms with van der Waals surface area (Å²) >= 11 is 0. The zero-order valence-corrected chi connectivity index (χ0v) is 10.8. The van der Waals surface area contributed by atoms with Crippen molar-refractivity contribution in [1.82, 2.24) is 0 Å². The Morgan fingerprint density at radius 3 is 2.65 bits per heavy atom. The number of aryl methyl sites for hydroxylation is 1. The Morgan fingerprint density at radius 2 is 2.12 bits per heavy atom. The van der Waals surface area contributed by atoms with E-state index in [4.69, 9.17) is 4.74 Å². The van der Waals surface area contributed by atoms with Crippen LogP contribution < -0.4 is 4.74 Å². The van der Waals surface area contributed by atoms with E-state index in [1.165, 1.54) is 6.42 Å². The maximum atomic E-state index is 12.4. The van der Waals surface area contributed by atoms with Crippen molar-refractivity contribution >= 4 is 5.78 Å². The molecule has 0 amide bonds. The van der Waals surface area contributed by atoms with Gasteiger partial charge in [0, 0.05) is 11.5 Å². The molecule has 1 aliphatic rings. The standard InChI is InChI=1S/C15H20O2/c1-10-4-5-12(8-10)15(16)14-7-6-13(17-3)9-11(14)2/h6-7,9-10,12H,4-5,8H2,1-3H3. The lowest BCUT2D eigenvalue weighted by Crippen LogP contribution is -2.13. The second-order valence-electron chi connectivity index (χ2n) is 5.16. The van der Waals surface area contributed by atoms with Gasteiger partial charge in [0.25, 0.3) is 0 Å². The molecule has 1 fully saturated rings. The van der Waals surface area contributed by atoms with E-state index in [1.807, 2.05) is 25.1 Å². The van der Waals surface area contributed by atoms with Gasteiger partial charge in [-0.2, -0.15) is 0 Å². The van der Waals surface area contributed by atoms with Gasteiger partial charge in [-0.25, -0.2) is 0 Å². The largest absolute Gasteiger partial charge is 0.497 e. The van der Waals surface area contributed by atoms with Gasteiger partial charge in [-0.05, 0) is 55.9 Å². The Kier molecular flexibility index (Phi) is 3.51. The molecule has 92 valence electrons. The predicted octanol–water partition coefficient (Wildman–Crippen LogP) is 3.62. The maximum absolute atomic E-state index is 12.4. The number of ketones is 1. The molecule has 0 heterocycles. The zero-order chi connectivity index (χ0) is 12.4. The molecule has 2 heteroatoms. The molecule has 1 saturated carbocycles. The minimum Gasteiger partial charge on any atom is -0.497 e. The average Bonchev–Trinajstić information content (AvgIpc) is 2.75. The Balaban J connectivity index is 2.19. The van der Waals surface area contributed by atoms with E-state index in [-0.39, 0.29) is 5.92 Å². The van der Waals surface area contributed by atoms with Crippen molar-refractivity contribution in [3.05, 3.63) is 29.3 Å². The van der Waals surface area contributed by atoms with Gasteiger partial charge in [0.05, 0.1) is 7.11 Å². The smallest absolute Gasteiger partial charge is 0.166 e. The van der Waals surface area contributed by atoms with Gasteiger partial charge in [0.15, 0.2) is 5.78 Å². The summed E-state index contributed by atoms with van der Waals surface area (Å²) < 4.78 is 5.16. The first-order chi connectivity index (χ1) is 8.11. The minimum atomic E-state index is 0.233. The molecule has 1 aromatic carbocycles. The Bertz CT molecular complexity index is 423. The lowest BCUT2D eigenvalue weighted by atomic mass is 9.92. The maximum Gasteiger partial charge on any atom is 0.166 e. The molecule has 0 aromatic heterocycles. The number of hydrogen-bond donors (Lipinski definition) is 0.